The number of nitrogens with zero attached hydrogens (tertiary/aromatic N) is 4. The first kappa shape index (κ1) is 29.1. The zero-order chi connectivity index (χ0) is 27.7. The van der Waals surface area contributed by atoms with Gasteiger partial charge in [-0.05, 0) is 43.5 Å². The molecule has 0 saturated carbocycles. The van der Waals surface area contributed by atoms with E-state index in [9.17, 15) is 34.2 Å². The molecule has 2 aromatic rings. The summed E-state index contributed by atoms with van der Waals surface area (Å²) in [7, 11) is 3.05. The third kappa shape index (κ3) is 8.20. The van der Waals surface area contributed by atoms with Crippen LogP contribution in [0.25, 0.3) is 0 Å². The molecule has 1 atom stereocenters. The first-order valence-electron chi connectivity index (χ1n) is 11.5. The summed E-state index contributed by atoms with van der Waals surface area (Å²) in [5, 5.41) is 24.8. The van der Waals surface area contributed by atoms with Crippen molar-refractivity contribution in [2.24, 2.45) is 0 Å². The monoisotopic (exact) mass is 519 g/mol. The Kier molecular flexibility index (Phi) is 10.4. The van der Waals surface area contributed by atoms with E-state index in [2.05, 4.69) is 5.32 Å². The minimum atomic E-state index is -0.916. The number of carbonyl (C=O) groups excluding carboxylic acids is 2. The number of hydrogen-bond donors (Lipinski definition) is 1. The van der Waals surface area contributed by atoms with Crippen LogP contribution in [0.4, 0.5) is 32.8 Å². The lowest BCUT2D eigenvalue weighted by Gasteiger charge is -2.23. The number of hydrogen-bond acceptors (Lipinski definition) is 8. The molecule has 1 N–H and O–H groups in total. The first-order valence-corrected chi connectivity index (χ1v) is 11.5. The Morgan fingerprint density at radius 1 is 0.973 bits per heavy atom. The molecule has 0 aliphatic carbocycles. The second-order valence-corrected chi connectivity index (χ2v) is 8.38. The first-order chi connectivity index (χ1) is 17.4. The molecule has 3 rings (SSSR count). The molecule has 1 saturated heterocycles. The number of carbonyl (C=O) groups is 2. The number of anilines is 3. The zero-order valence-corrected chi connectivity index (χ0v) is 21.1. The predicted molar refractivity (Wildman–Crippen MR) is 136 cm³/mol. The Bertz CT molecular complexity index is 1150. The number of nitrogens with one attached hydrogen (secondary N) is 1. The Morgan fingerprint density at radius 2 is 1.51 bits per heavy atom. The highest BCUT2D eigenvalue weighted by Crippen LogP contribution is 2.30. The molecule has 0 bridgehead atoms. The third-order valence-electron chi connectivity index (χ3n) is 5.82. The number of nitro groups is 2. The molecule has 37 heavy (non-hydrogen) atoms. The fourth-order valence-electron chi connectivity index (χ4n) is 3.43. The van der Waals surface area contributed by atoms with Crippen molar-refractivity contribution in [2.45, 2.75) is 39.2 Å². The summed E-state index contributed by atoms with van der Waals surface area (Å²) in [6.45, 7) is 4.02. The Hall–Kier alpha value is -4.13. The van der Waals surface area contributed by atoms with Gasteiger partial charge >= 0.3 is 5.69 Å². The van der Waals surface area contributed by atoms with Crippen LogP contribution in [-0.2, 0) is 14.3 Å². The smallest absolute Gasteiger partial charge is 0.306 e. The van der Waals surface area contributed by atoms with Crippen LogP contribution in [0.15, 0.2) is 36.4 Å². The van der Waals surface area contributed by atoms with E-state index in [-0.39, 0.29) is 29.3 Å². The molecule has 1 heterocycles. The van der Waals surface area contributed by atoms with Crippen molar-refractivity contribution in [3.63, 3.8) is 0 Å². The summed E-state index contributed by atoms with van der Waals surface area (Å²) >= 11 is 0. The van der Waals surface area contributed by atoms with Crippen LogP contribution >= 0.6 is 0 Å². The summed E-state index contributed by atoms with van der Waals surface area (Å²) in [6.07, 6.45) is 3.25. The fraction of sp³-hybridized carbons (Fsp3) is 0.417. The normalized spacial score (nSPS) is 14.6. The summed E-state index contributed by atoms with van der Waals surface area (Å²) in [5.41, 5.74) is 0.552. The topological polar surface area (TPSA) is 148 Å². The van der Waals surface area contributed by atoms with E-state index in [4.69, 9.17) is 4.74 Å². The van der Waals surface area contributed by atoms with Crippen LogP contribution in [0.2, 0.25) is 0 Å². The molecular formula is C24H30FN5O7. The third-order valence-corrected chi connectivity index (χ3v) is 5.82. The lowest BCUT2D eigenvalue weighted by Crippen LogP contribution is -2.27. The molecule has 1 aliphatic heterocycles. The van der Waals surface area contributed by atoms with Crippen LogP contribution in [-0.4, -0.2) is 55.0 Å². The average Bonchev–Trinajstić information content (AvgIpc) is 2.87. The van der Waals surface area contributed by atoms with Gasteiger partial charge in [-0.3, -0.25) is 29.8 Å². The van der Waals surface area contributed by atoms with Crippen LogP contribution in [0, 0.1) is 26.0 Å². The lowest BCUT2D eigenvalue weighted by molar-refractivity contribution is -0.387. The van der Waals surface area contributed by atoms with Crippen molar-refractivity contribution < 1.29 is 28.6 Å². The molecule has 200 valence electrons. The maximum Gasteiger partial charge on any atom is 0.306 e. The van der Waals surface area contributed by atoms with Gasteiger partial charge in [-0.1, -0.05) is 0 Å². The molecule has 12 nitrogen and oxygen atoms in total. The van der Waals surface area contributed by atoms with Gasteiger partial charge in [0, 0.05) is 53.2 Å². The van der Waals surface area contributed by atoms with Gasteiger partial charge in [-0.25, -0.2) is 0 Å². The molecule has 0 aromatic heterocycles. The number of halogens is 1. The minimum absolute atomic E-state index is 0.0404. The van der Waals surface area contributed by atoms with Gasteiger partial charge in [0.25, 0.3) is 5.69 Å². The molecular weight excluding hydrogens is 489 g/mol. The summed E-state index contributed by atoms with van der Waals surface area (Å²) in [5.74, 6) is -1.37. The molecule has 2 aromatic carbocycles. The quantitative estimate of drug-likeness (QED) is 0.421. The van der Waals surface area contributed by atoms with Crippen molar-refractivity contribution >= 4 is 40.3 Å². The highest BCUT2D eigenvalue weighted by Gasteiger charge is 2.20. The van der Waals surface area contributed by atoms with E-state index in [1.165, 1.54) is 42.8 Å². The van der Waals surface area contributed by atoms with E-state index >= 15 is 0 Å². The molecule has 0 radical (unpaired) electrons. The van der Waals surface area contributed by atoms with E-state index in [1.807, 2.05) is 0 Å². The predicted octanol–water partition coefficient (Wildman–Crippen LogP) is 4.28. The van der Waals surface area contributed by atoms with Gasteiger partial charge in [-0.15, -0.1) is 0 Å². The van der Waals surface area contributed by atoms with Crippen molar-refractivity contribution in [3.8, 4) is 0 Å². The summed E-state index contributed by atoms with van der Waals surface area (Å²) in [6, 6.07) is 8.03. The molecule has 1 aliphatic rings. The van der Waals surface area contributed by atoms with Gasteiger partial charge in [0.15, 0.2) is 0 Å². The van der Waals surface area contributed by atoms with Crippen molar-refractivity contribution in [2.75, 3.05) is 42.4 Å². The van der Waals surface area contributed by atoms with Gasteiger partial charge < -0.3 is 19.9 Å². The molecule has 1 fully saturated rings. The summed E-state index contributed by atoms with van der Waals surface area (Å²) < 4.78 is 18.5. The van der Waals surface area contributed by atoms with E-state index < -0.39 is 21.4 Å². The summed E-state index contributed by atoms with van der Waals surface area (Å²) in [4.78, 5) is 45.3. The second-order valence-electron chi connectivity index (χ2n) is 8.38. The number of ether oxygens (including phenoxy) is 1. The number of rotatable bonds is 7. The lowest BCUT2D eigenvalue weighted by atomic mass is 10.1. The number of amides is 2. The van der Waals surface area contributed by atoms with Crippen LogP contribution in [0.3, 0.4) is 0 Å². The molecule has 0 spiro atoms. The van der Waals surface area contributed by atoms with Crippen LogP contribution in [0.5, 0.6) is 0 Å². The maximum absolute atomic E-state index is 12.9. The number of nitro benzene ring substituents is 2. The van der Waals surface area contributed by atoms with Crippen molar-refractivity contribution in [3.05, 3.63) is 62.4 Å². The van der Waals surface area contributed by atoms with Crippen LogP contribution in [0.1, 0.15) is 33.1 Å². The van der Waals surface area contributed by atoms with Gasteiger partial charge in [-0.2, -0.15) is 4.39 Å². The maximum atomic E-state index is 12.9. The highest BCUT2D eigenvalue weighted by molar-refractivity contribution is 5.92. The van der Waals surface area contributed by atoms with Crippen molar-refractivity contribution in [1.82, 2.24) is 0 Å². The minimum Gasteiger partial charge on any atom is -0.377 e. The SMILES string of the molecule is CC(=O)N(C)c1ccc(F)c([N+](=O)[O-])c1.CC(=O)N(C)c1ccc(NCC2CCCCO2)c([N+](=O)[O-])c1. The second kappa shape index (κ2) is 13.3. The highest BCUT2D eigenvalue weighted by atomic mass is 19.1. The molecule has 13 heteroatoms. The molecule has 1 unspecified atom stereocenters. The van der Waals surface area contributed by atoms with Crippen LogP contribution < -0.4 is 15.1 Å². The van der Waals surface area contributed by atoms with Gasteiger partial charge in [0.1, 0.15) is 5.69 Å². The zero-order valence-electron chi connectivity index (χ0n) is 21.1. The average molecular weight is 520 g/mol. The van der Waals surface area contributed by atoms with Crippen molar-refractivity contribution in [1.29, 1.82) is 0 Å². The molecule has 2 amide bonds. The number of benzene rings is 2. The van der Waals surface area contributed by atoms with E-state index in [0.717, 1.165) is 38.0 Å². The fourth-order valence-corrected chi connectivity index (χ4v) is 3.43. The Balaban J connectivity index is 0.000000281. The van der Waals surface area contributed by atoms with E-state index in [1.54, 1.807) is 19.2 Å². The Labute approximate surface area is 213 Å². The van der Waals surface area contributed by atoms with Gasteiger partial charge in [0.05, 0.1) is 27.3 Å². The van der Waals surface area contributed by atoms with Gasteiger partial charge in [0.2, 0.25) is 17.6 Å². The Morgan fingerprint density at radius 3 is 2.00 bits per heavy atom. The standard InChI is InChI=1S/C15H21N3O4.C9H9FN2O3/c1-11(19)17(2)12-6-7-14(15(9-12)18(20)21)16-10-13-5-3-4-8-22-13;1-6(13)11(2)7-3-4-8(10)9(5-7)12(14)15/h6-7,9,13,16H,3-5,8,10H2,1-2H3;3-5H,1-2H3. The van der Waals surface area contributed by atoms with E-state index in [0.29, 0.717) is 17.9 Å². The largest absolute Gasteiger partial charge is 0.377 e.